The fourth-order valence-electron chi connectivity index (χ4n) is 1.08. The molecule has 0 unspecified atom stereocenters. The molecule has 0 aliphatic rings. The average molecular weight is 308 g/mol. The molecule has 0 radical (unpaired) electrons. The molecule has 0 bridgehead atoms. The van der Waals surface area contributed by atoms with Crippen LogP contribution in [0.5, 0.6) is 5.75 Å². The lowest BCUT2D eigenvalue weighted by molar-refractivity contribution is 0.0502. The smallest absolute Gasteiger partial charge is 0.188 e. The maximum atomic E-state index is 9.46. The number of halogens is 1. The second-order valence-corrected chi connectivity index (χ2v) is 3.96. The number of methoxy groups -OCH3 is 1. The lowest BCUT2D eigenvalue weighted by Gasteiger charge is -2.12. The monoisotopic (exact) mass is 308 g/mol. The number of benzene rings is 1. The van der Waals surface area contributed by atoms with E-state index in [0.29, 0.717) is 0 Å². The maximum Gasteiger partial charge on any atom is 0.188 e. The van der Waals surface area contributed by atoms with Gasteiger partial charge in [0, 0.05) is 7.11 Å². The van der Waals surface area contributed by atoms with Gasteiger partial charge in [-0.25, -0.2) is 0 Å². The van der Waals surface area contributed by atoms with Gasteiger partial charge in [-0.1, -0.05) is 12.1 Å². The molecule has 3 nitrogen and oxygen atoms in total. The summed E-state index contributed by atoms with van der Waals surface area (Å²) in [4.78, 5) is 0. The Labute approximate surface area is 97.2 Å². The van der Waals surface area contributed by atoms with E-state index in [-0.39, 0.29) is 6.79 Å². The highest BCUT2D eigenvalue weighted by Gasteiger charge is 2.10. The molecule has 4 heteroatoms. The highest BCUT2D eigenvalue weighted by molar-refractivity contribution is 14.1. The molecule has 0 aliphatic carbocycles. The van der Waals surface area contributed by atoms with E-state index in [2.05, 4.69) is 22.6 Å². The number of hydrogen-bond acceptors (Lipinski definition) is 3. The zero-order valence-corrected chi connectivity index (χ0v) is 10.3. The lowest BCUT2D eigenvalue weighted by Crippen LogP contribution is -2.03. The summed E-state index contributed by atoms with van der Waals surface area (Å²) in [5.41, 5.74) is 0.874. The SMILES string of the molecule is COCOc1cccc([C@@H](C)O)c1I. The zero-order valence-electron chi connectivity index (χ0n) is 8.16. The van der Waals surface area contributed by atoms with Crippen LogP contribution in [0.25, 0.3) is 0 Å². The van der Waals surface area contributed by atoms with Crippen molar-refractivity contribution < 1.29 is 14.6 Å². The Balaban J connectivity index is 2.89. The Hall–Kier alpha value is -0.330. The number of rotatable bonds is 4. The largest absolute Gasteiger partial charge is 0.466 e. The zero-order chi connectivity index (χ0) is 10.6. The van der Waals surface area contributed by atoms with E-state index in [1.165, 1.54) is 0 Å². The minimum Gasteiger partial charge on any atom is -0.466 e. The Kier molecular flexibility index (Phi) is 4.64. The van der Waals surface area contributed by atoms with Crippen molar-refractivity contribution in [3.63, 3.8) is 0 Å². The summed E-state index contributed by atoms with van der Waals surface area (Å²) >= 11 is 2.16. The van der Waals surface area contributed by atoms with Crippen molar-refractivity contribution in [3.8, 4) is 5.75 Å². The maximum absolute atomic E-state index is 9.46. The Bertz CT molecular complexity index is 299. The molecule has 1 aromatic rings. The topological polar surface area (TPSA) is 38.7 Å². The van der Waals surface area contributed by atoms with E-state index in [1.807, 2.05) is 18.2 Å². The van der Waals surface area contributed by atoms with Crippen LogP contribution in [-0.4, -0.2) is 19.0 Å². The van der Waals surface area contributed by atoms with Crippen LogP contribution in [0.2, 0.25) is 0 Å². The molecule has 0 amide bonds. The third-order valence-electron chi connectivity index (χ3n) is 1.78. The van der Waals surface area contributed by atoms with Gasteiger partial charge in [0.2, 0.25) is 0 Å². The van der Waals surface area contributed by atoms with Crippen LogP contribution < -0.4 is 4.74 Å². The van der Waals surface area contributed by atoms with Crippen molar-refractivity contribution in [2.24, 2.45) is 0 Å². The predicted octanol–water partition coefficient (Wildman–Crippen LogP) is 2.33. The molecule has 0 fully saturated rings. The summed E-state index contributed by atoms with van der Waals surface area (Å²) in [6, 6.07) is 5.59. The van der Waals surface area contributed by atoms with Crippen LogP contribution in [0, 0.1) is 3.57 Å². The minimum absolute atomic E-state index is 0.221. The first kappa shape index (κ1) is 11.7. The molecule has 1 N–H and O–H groups in total. The number of aliphatic hydroxyl groups excluding tert-OH is 1. The van der Waals surface area contributed by atoms with E-state index in [4.69, 9.17) is 9.47 Å². The van der Waals surface area contributed by atoms with E-state index in [9.17, 15) is 5.11 Å². The summed E-state index contributed by atoms with van der Waals surface area (Å²) in [6.07, 6.45) is -0.479. The van der Waals surface area contributed by atoms with Gasteiger partial charge in [-0.15, -0.1) is 0 Å². The molecular weight excluding hydrogens is 295 g/mol. The summed E-state index contributed by atoms with van der Waals surface area (Å²) in [6.45, 7) is 1.96. The minimum atomic E-state index is -0.479. The third kappa shape index (κ3) is 2.83. The van der Waals surface area contributed by atoms with E-state index in [1.54, 1.807) is 14.0 Å². The van der Waals surface area contributed by atoms with E-state index < -0.39 is 6.10 Å². The Morgan fingerprint density at radius 1 is 1.50 bits per heavy atom. The molecule has 0 heterocycles. The average Bonchev–Trinajstić information content (AvgIpc) is 2.16. The van der Waals surface area contributed by atoms with Gasteiger partial charge in [-0.2, -0.15) is 0 Å². The lowest BCUT2D eigenvalue weighted by atomic mass is 10.1. The fraction of sp³-hybridized carbons (Fsp3) is 0.400. The Morgan fingerprint density at radius 3 is 2.79 bits per heavy atom. The highest BCUT2D eigenvalue weighted by Crippen LogP contribution is 2.28. The normalized spacial score (nSPS) is 12.6. The van der Waals surface area contributed by atoms with Crippen LogP contribution in [0.4, 0.5) is 0 Å². The summed E-state index contributed by atoms with van der Waals surface area (Å²) in [5.74, 6) is 0.742. The molecule has 0 spiro atoms. The second kappa shape index (κ2) is 5.53. The third-order valence-corrected chi connectivity index (χ3v) is 2.93. The predicted molar refractivity (Wildman–Crippen MR) is 62.3 cm³/mol. The van der Waals surface area contributed by atoms with Crippen molar-refractivity contribution >= 4 is 22.6 Å². The molecule has 14 heavy (non-hydrogen) atoms. The van der Waals surface area contributed by atoms with Gasteiger partial charge in [0.25, 0.3) is 0 Å². The first-order chi connectivity index (χ1) is 6.66. The van der Waals surface area contributed by atoms with Gasteiger partial charge in [-0.05, 0) is 41.1 Å². The molecule has 0 saturated heterocycles. The number of hydrogen-bond donors (Lipinski definition) is 1. The Morgan fingerprint density at radius 2 is 2.21 bits per heavy atom. The van der Waals surface area contributed by atoms with Crippen LogP contribution in [0.15, 0.2) is 18.2 Å². The van der Waals surface area contributed by atoms with Crippen molar-refractivity contribution in [3.05, 3.63) is 27.3 Å². The summed E-state index contributed by atoms with van der Waals surface area (Å²) in [7, 11) is 1.57. The van der Waals surface area contributed by atoms with E-state index in [0.717, 1.165) is 14.9 Å². The first-order valence-corrected chi connectivity index (χ1v) is 5.33. The van der Waals surface area contributed by atoms with Gasteiger partial charge < -0.3 is 14.6 Å². The first-order valence-electron chi connectivity index (χ1n) is 4.25. The molecular formula is C10H13IO3. The standard InChI is InChI=1S/C10H13IO3/c1-7(12)8-4-3-5-9(10(8)11)14-6-13-2/h3-5,7,12H,6H2,1-2H3/t7-/m1/s1. The van der Waals surface area contributed by atoms with Gasteiger partial charge in [0.15, 0.2) is 6.79 Å². The van der Waals surface area contributed by atoms with Crippen molar-refractivity contribution in [2.75, 3.05) is 13.9 Å². The van der Waals surface area contributed by atoms with Gasteiger partial charge in [0.05, 0.1) is 9.67 Å². The van der Waals surface area contributed by atoms with Crippen LogP contribution in [-0.2, 0) is 4.74 Å². The highest BCUT2D eigenvalue weighted by atomic mass is 127. The van der Waals surface area contributed by atoms with Crippen LogP contribution in [0.1, 0.15) is 18.6 Å². The molecule has 1 rings (SSSR count). The van der Waals surface area contributed by atoms with Crippen LogP contribution in [0.3, 0.4) is 0 Å². The number of ether oxygens (including phenoxy) is 2. The summed E-state index contributed by atoms with van der Waals surface area (Å²) in [5, 5.41) is 9.46. The van der Waals surface area contributed by atoms with Crippen LogP contribution >= 0.6 is 22.6 Å². The molecule has 1 atom stereocenters. The van der Waals surface area contributed by atoms with Crippen molar-refractivity contribution in [2.45, 2.75) is 13.0 Å². The number of aliphatic hydroxyl groups is 1. The fourth-order valence-corrected chi connectivity index (χ4v) is 2.05. The van der Waals surface area contributed by atoms with E-state index >= 15 is 0 Å². The quantitative estimate of drug-likeness (QED) is 0.685. The van der Waals surface area contributed by atoms with Gasteiger partial charge in [-0.3, -0.25) is 0 Å². The van der Waals surface area contributed by atoms with Crippen molar-refractivity contribution in [1.82, 2.24) is 0 Å². The van der Waals surface area contributed by atoms with Crippen molar-refractivity contribution in [1.29, 1.82) is 0 Å². The summed E-state index contributed by atoms with van der Waals surface area (Å²) < 4.78 is 11.1. The molecule has 1 aromatic carbocycles. The molecule has 0 aromatic heterocycles. The van der Waals surface area contributed by atoms with Gasteiger partial charge in [0.1, 0.15) is 5.75 Å². The molecule has 0 aliphatic heterocycles. The second-order valence-electron chi connectivity index (χ2n) is 2.89. The van der Waals surface area contributed by atoms with Gasteiger partial charge >= 0.3 is 0 Å². The molecule has 78 valence electrons. The molecule has 0 saturated carbocycles.